The number of Topliss-reactive ketones (excluding diaryl/α,β-unsaturated/α-hetero) is 1. The van der Waals surface area contributed by atoms with Crippen molar-refractivity contribution in [3.05, 3.63) is 18.0 Å². The molecule has 0 aromatic carbocycles. The molecule has 0 spiro atoms. The highest BCUT2D eigenvalue weighted by Gasteiger charge is 2.08. The van der Waals surface area contributed by atoms with Gasteiger partial charge in [0.25, 0.3) is 0 Å². The molecule has 0 aliphatic rings. The van der Waals surface area contributed by atoms with E-state index in [9.17, 15) is 9.59 Å². The number of carbonyl (C=O) groups excluding carboxylic acids is 2. The highest BCUT2D eigenvalue weighted by Crippen LogP contribution is 1.96. The van der Waals surface area contributed by atoms with Crippen molar-refractivity contribution in [2.75, 3.05) is 6.54 Å². The number of nitrogens with zero attached hydrogens (tertiary/aromatic N) is 2. The normalized spacial score (nSPS) is 9.86. The lowest BCUT2D eigenvalue weighted by molar-refractivity contribution is -0.120. The fourth-order valence-corrected chi connectivity index (χ4v) is 0.971. The molecule has 0 radical (unpaired) electrons. The Morgan fingerprint density at radius 1 is 1.57 bits per heavy atom. The van der Waals surface area contributed by atoms with Crippen molar-refractivity contribution in [2.45, 2.75) is 13.3 Å². The summed E-state index contributed by atoms with van der Waals surface area (Å²) < 4.78 is 1.55. The predicted molar refractivity (Wildman–Crippen MR) is 50.8 cm³/mol. The Hall–Kier alpha value is -1.65. The maximum atomic E-state index is 11.4. The molecule has 1 aromatic rings. The second kappa shape index (κ2) is 4.55. The Kier molecular flexibility index (Phi) is 3.39. The van der Waals surface area contributed by atoms with Gasteiger partial charge in [-0.05, 0) is 0 Å². The third-order valence-corrected chi connectivity index (χ3v) is 1.79. The van der Waals surface area contributed by atoms with Gasteiger partial charge in [-0.2, -0.15) is 5.10 Å². The van der Waals surface area contributed by atoms with E-state index in [0.717, 1.165) is 0 Å². The average molecular weight is 195 g/mol. The minimum absolute atomic E-state index is 0.0400. The molecule has 0 saturated carbocycles. The van der Waals surface area contributed by atoms with Crippen LogP contribution in [0.1, 0.15) is 23.7 Å². The zero-order chi connectivity index (χ0) is 10.6. The second-order valence-electron chi connectivity index (χ2n) is 2.96. The van der Waals surface area contributed by atoms with Crippen LogP contribution in [0.3, 0.4) is 0 Å². The molecule has 0 fully saturated rings. The fourth-order valence-electron chi connectivity index (χ4n) is 0.971. The van der Waals surface area contributed by atoms with E-state index in [2.05, 4.69) is 10.4 Å². The van der Waals surface area contributed by atoms with Crippen LogP contribution in [0.4, 0.5) is 0 Å². The molecule has 1 amide bonds. The third-order valence-electron chi connectivity index (χ3n) is 1.79. The van der Waals surface area contributed by atoms with Crippen molar-refractivity contribution in [3.63, 3.8) is 0 Å². The van der Waals surface area contributed by atoms with Crippen LogP contribution in [0, 0.1) is 0 Å². The van der Waals surface area contributed by atoms with E-state index in [0.29, 0.717) is 12.0 Å². The first-order chi connectivity index (χ1) is 6.63. The summed E-state index contributed by atoms with van der Waals surface area (Å²) in [5.74, 6) is -0.248. The highest BCUT2D eigenvalue weighted by atomic mass is 16.2. The summed E-state index contributed by atoms with van der Waals surface area (Å²) in [6.07, 6.45) is 3.50. The van der Waals surface area contributed by atoms with Crippen LogP contribution in [0.15, 0.2) is 12.4 Å². The Morgan fingerprint density at radius 2 is 2.29 bits per heavy atom. The second-order valence-corrected chi connectivity index (χ2v) is 2.96. The molecule has 1 heterocycles. The quantitative estimate of drug-likeness (QED) is 0.694. The molecule has 0 aliphatic heterocycles. The molecule has 0 unspecified atom stereocenters. The van der Waals surface area contributed by atoms with Gasteiger partial charge in [0.1, 0.15) is 0 Å². The number of rotatable bonds is 4. The smallest absolute Gasteiger partial charge is 0.220 e. The van der Waals surface area contributed by atoms with Gasteiger partial charge in [0.15, 0.2) is 5.78 Å². The van der Waals surface area contributed by atoms with Crippen molar-refractivity contribution < 1.29 is 9.59 Å². The molecule has 1 rings (SSSR count). The van der Waals surface area contributed by atoms with Gasteiger partial charge in [-0.25, -0.2) is 0 Å². The molecule has 0 bridgehead atoms. The number of ketones is 1. The summed E-state index contributed by atoms with van der Waals surface area (Å²) in [5.41, 5.74) is 0.518. The van der Waals surface area contributed by atoms with Crippen molar-refractivity contribution in [3.8, 4) is 0 Å². The molecule has 0 saturated heterocycles. The molecule has 14 heavy (non-hydrogen) atoms. The van der Waals surface area contributed by atoms with Gasteiger partial charge in [0.2, 0.25) is 5.91 Å². The van der Waals surface area contributed by atoms with E-state index in [1.54, 1.807) is 24.9 Å². The molecule has 1 N–H and O–H groups in total. The summed E-state index contributed by atoms with van der Waals surface area (Å²) in [6, 6.07) is 0. The van der Waals surface area contributed by atoms with Crippen molar-refractivity contribution >= 4 is 11.7 Å². The van der Waals surface area contributed by atoms with Crippen LogP contribution in [0.25, 0.3) is 0 Å². The first-order valence-corrected chi connectivity index (χ1v) is 4.42. The summed E-state index contributed by atoms with van der Waals surface area (Å²) in [7, 11) is 1.74. The van der Waals surface area contributed by atoms with Crippen LogP contribution in [-0.4, -0.2) is 28.0 Å². The van der Waals surface area contributed by atoms with Gasteiger partial charge < -0.3 is 5.32 Å². The topological polar surface area (TPSA) is 64.0 Å². The Balaban J connectivity index is 2.47. The summed E-state index contributed by atoms with van der Waals surface area (Å²) in [4.78, 5) is 22.3. The van der Waals surface area contributed by atoms with Gasteiger partial charge >= 0.3 is 0 Å². The molecule has 0 aliphatic carbocycles. The number of hydrogen-bond acceptors (Lipinski definition) is 3. The molecule has 5 heteroatoms. The van der Waals surface area contributed by atoms with E-state index < -0.39 is 0 Å². The van der Waals surface area contributed by atoms with Crippen LogP contribution < -0.4 is 5.32 Å². The van der Waals surface area contributed by atoms with E-state index in [1.807, 2.05) is 0 Å². The van der Waals surface area contributed by atoms with Crippen molar-refractivity contribution in [2.24, 2.45) is 7.05 Å². The summed E-state index contributed by atoms with van der Waals surface area (Å²) in [6.45, 7) is 1.78. The SMILES string of the molecule is CCC(=O)NCC(=O)c1cnn(C)c1. The predicted octanol–water partition coefficient (Wildman–Crippen LogP) is 0.129. The lowest BCUT2D eigenvalue weighted by Crippen LogP contribution is -2.28. The average Bonchev–Trinajstić information content (AvgIpc) is 2.60. The van der Waals surface area contributed by atoms with Crippen LogP contribution in [-0.2, 0) is 11.8 Å². The number of hydrogen-bond donors (Lipinski definition) is 1. The van der Waals surface area contributed by atoms with Crippen LogP contribution in [0.2, 0.25) is 0 Å². The molecule has 1 aromatic heterocycles. The van der Waals surface area contributed by atoms with Crippen LogP contribution in [0.5, 0.6) is 0 Å². The monoisotopic (exact) mass is 195 g/mol. The zero-order valence-electron chi connectivity index (χ0n) is 8.28. The van der Waals surface area contributed by atoms with E-state index in [-0.39, 0.29) is 18.2 Å². The van der Waals surface area contributed by atoms with E-state index >= 15 is 0 Å². The first-order valence-electron chi connectivity index (χ1n) is 4.42. The number of nitrogens with one attached hydrogen (secondary N) is 1. The molecular weight excluding hydrogens is 182 g/mol. The minimum atomic E-state index is -0.125. The Labute approximate surface area is 82.1 Å². The third kappa shape index (κ3) is 2.69. The largest absolute Gasteiger partial charge is 0.349 e. The van der Waals surface area contributed by atoms with Gasteiger partial charge in [-0.3, -0.25) is 14.3 Å². The van der Waals surface area contributed by atoms with E-state index in [1.165, 1.54) is 6.20 Å². The maximum Gasteiger partial charge on any atom is 0.220 e. The molecule has 0 atom stereocenters. The number of aryl methyl sites for hydroxylation is 1. The lowest BCUT2D eigenvalue weighted by Gasteiger charge is -1.99. The standard InChI is InChI=1S/C9H13N3O2/c1-3-9(14)10-5-8(13)7-4-11-12(2)6-7/h4,6H,3,5H2,1-2H3,(H,10,14). The number of aromatic nitrogens is 2. The molecule has 76 valence electrons. The molecule has 5 nitrogen and oxygen atoms in total. The van der Waals surface area contributed by atoms with Gasteiger partial charge in [-0.1, -0.05) is 6.92 Å². The maximum absolute atomic E-state index is 11.4. The number of amides is 1. The minimum Gasteiger partial charge on any atom is -0.349 e. The number of carbonyl (C=O) groups is 2. The van der Waals surface area contributed by atoms with E-state index in [4.69, 9.17) is 0 Å². The first kappa shape index (κ1) is 10.4. The van der Waals surface area contributed by atoms with Gasteiger partial charge in [0, 0.05) is 19.7 Å². The highest BCUT2D eigenvalue weighted by molar-refractivity contribution is 5.98. The summed E-state index contributed by atoms with van der Waals surface area (Å²) in [5, 5.41) is 6.38. The fraction of sp³-hybridized carbons (Fsp3) is 0.444. The van der Waals surface area contributed by atoms with Gasteiger partial charge in [0.05, 0.1) is 18.3 Å². The molecular formula is C9H13N3O2. The van der Waals surface area contributed by atoms with Crippen LogP contribution >= 0.6 is 0 Å². The van der Waals surface area contributed by atoms with Gasteiger partial charge in [-0.15, -0.1) is 0 Å². The van der Waals surface area contributed by atoms with Crippen molar-refractivity contribution in [1.29, 1.82) is 0 Å². The zero-order valence-corrected chi connectivity index (χ0v) is 8.28. The van der Waals surface area contributed by atoms with Crippen molar-refractivity contribution in [1.82, 2.24) is 15.1 Å². The summed E-state index contributed by atoms with van der Waals surface area (Å²) >= 11 is 0. The Bertz CT molecular complexity index is 344. The lowest BCUT2D eigenvalue weighted by atomic mass is 10.2. The Morgan fingerprint density at radius 3 is 2.79 bits per heavy atom.